The normalized spacial score (nSPS) is 10.8. The lowest BCUT2D eigenvalue weighted by molar-refractivity contribution is -0.150. The molecule has 0 heterocycles. The van der Waals surface area contributed by atoms with Crippen molar-refractivity contribution in [2.75, 3.05) is 5.32 Å². The summed E-state index contributed by atoms with van der Waals surface area (Å²) in [6, 6.07) is 6.06. The second-order valence-electron chi connectivity index (χ2n) is 3.14. The minimum atomic E-state index is -4.56. The average molecular weight is 307 g/mol. The van der Waals surface area contributed by atoms with Gasteiger partial charge in [-0.1, -0.05) is 15.9 Å². The van der Waals surface area contributed by atoms with Gasteiger partial charge in [0.1, 0.15) is 12.5 Å². The number of carbonyl (C=O) groups is 1. The molecule has 17 heavy (non-hydrogen) atoms. The van der Waals surface area contributed by atoms with Crippen LogP contribution in [0.4, 0.5) is 18.9 Å². The van der Waals surface area contributed by atoms with Gasteiger partial charge in [-0.05, 0) is 18.2 Å². The van der Waals surface area contributed by atoms with Crippen LogP contribution in [0, 0.1) is 11.3 Å². The lowest BCUT2D eigenvalue weighted by atomic mass is 10.2. The highest BCUT2D eigenvalue weighted by molar-refractivity contribution is 9.10. The van der Waals surface area contributed by atoms with Gasteiger partial charge in [-0.25, -0.2) is 0 Å². The first-order valence-corrected chi connectivity index (χ1v) is 5.17. The van der Waals surface area contributed by atoms with Crippen LogP contribution in [0.5, 0.6) is 0 Å². The Morgan fingerprint density at radius 2 is 2.12 bits per heavy atom. The minimum absolute atomic E-state index is 0.0601. The van der Waals surface area contributed by atoms with E-state index in [0.717, 1.165) is 0 Å². The maximum absolute atomic E-state index is 11.9. The van der Waals surface area contributed by atoms with Gasteiger partial charge in [-0.15, -0.1) is 0 Å². The molecule has 1 aromatic rings. The quantitative estimate of drug-likeness (QED) is 0.912. The van der Waals surface area contributed by atoms with Crippen molar-refractivity contribution in [3.05, 3.63) is 28.2 Å². The first-order valence-electron chi connectivity index (χ1n) is 4.38. The maximum atomic E-state index is 11.9. The molecular formula is C10H6BrF3N2O. The zero-order valence-electron chi connectivity index (χ0n) is 8.31. The molecule has 0 atom stereocenters. The lowest BCUT2D eigenvalue weighted by Gasteiger charge is -2.09. The molecule has 0 saturated carbocycles. The molecule has 0 aliphatic rings. The monoisotopic (exact) mass is 306 g/mol. The molecule has 90 valence electrons. The zero-order valence-corrected chi connectivity index (χ0v) is 9.89. The number of halogens is 4. The molecule has 0 aliphatic carbocycles. The Kier molecular flexibility index (Phi) is 4.12. The molecule has 1 aromatic carbocycles. The predicted molar refractivity (Wildman–Crippen MR) is 58.2 cm³/mol. The largest absolute Gasteiger partial charge is 0.397 e. The van der Waals surface area contributed by atoms with E-state index in [-0.39, 0.29) is 11.3 Å². The van der Waals surface area contributed by atoms with Crippen LogP contribution in [-0.2, 0) is 4.79 Å². The average Bonchev–Trinajstić information content (AvgIpc) is 2.17. The van der Waals surface area contributed by atoms with Crippen molar-refractivity contribution in [1.82, 2.24) is 0 Å². The van der Waals surface area contributed by atoms with Crippen molar-refractivity contribution in [1.29, 1.82) is 5.26 Å². The topological polar surface area (TPSA) is 52.9 Å². The van der Waals surface area contributed by atoms with Gasteiger partial charge in [0.15, 0.2) is 0 Å². The number of nitriles is 1. The Hall–Kier alpha value is -1.55. The van der Waals surface area contributed by atoms with Crippen LogP contribution < -0.4 is 5.32 Å². The summed E-state index contributed by atoms with van der Waals surface area (Å²) in [5.74, 6) is -1.20. The van der Waals surface area contributed by atoms with E-state index in [4.69, 9.17) is 5.26 Å². The molecule has 0 spiro atoms. The zero-order chi connectivity index (χ0) is 13.1. The van der Waals surface area contributed by atoms with E-state index in [0.29, 0.717) is 4.47 Å². The van der Waals surface area contributed by atoms with Crippen LogP contribution >= 0.6 is 15.9 Å². The number of alkyl halides is 3. The Balaban J connectivity index is 2.83. The molecule has 0 aromatic heterocycles. The molecule has 0 fully saturated rings. The molecule has 0 saturated heterocycles. The molecule has 1 amide bonds. The van der Waals surface area contributed by atoms with E-state index in [9.17, 15) is 18.0 Å². The van der Waals surface area contributed by atoms with Crippen LogP contribution in [-0.4, -0.2) is 12.1 Å². The van der Waals surface area contributed by atoms with Gasteiger partial charge in [0.2, 0.25) is 5.91 Å². The van der Waals surface area contributed by atoms with E-state index < -0.39 is 18.5 Å². The van der Waals surface area contributed by atoms with Gasteiger partial charge in [0, 0.05) is 4.47 Å². The third-order valence-electron chi connectivity index (χ3n) is 1.74. The summed E-state index contributed by atoms with van der Waals surface area (Å²) >= 11 is 3.11. The maximum Gasteiger partial charge on any atom is 0.397 e. The molecule has 1 N–H and O–H groups in total. The predicted octanol–water partition coefficient (Wildman–Crippen LogP) is 3.21. The van der Waals surface area contributed by atoms with E-state index >= 15 is 0 Å². The summed E-state index contributed by atoms with van der Waals surface area (Å²) in [7, 11) is 0. The standard InChI is InChI=1S/C10H6BrF3N2O/c11-7-1-2-8(6(3-7)5-15)16-9(17)4-10(12,13)14/h1-3H,4H2,(H,16,17). The number of anilines is 1. The second kappa shape index (κ2) is 5.19. The van der Waals surface area contributed by atoms with Gasteiger partial charge in [-0.3, -0.25) is 4.79 Å². The van der Waals surface area contributed by atoms with Crippen LogP contribution in [0.2, 0.25) is 0 Å². The van der Waals surface area contributed by atoms with Gasteiger partial charge >= 0.3 is 6.18 Å². The number of hydrogen-bond donors (Lipinski definition) is 1. The highest BCUT2D eigenvalue weighted by atomic mass is 79.9. The lowest BCUT2D eigenvalue weighted by Crippen LogP contribution is -2.21. The number of hydrogen-bond acceptors (Lipinski definition) is 2. The Bertz CT molecular complexity index is 479. The van der Waals surface area contributed by atoms with Crippen molar-refractivity contribution < 1.29 is 18.0 Å². The fourth-order valence-corrected chi connectivity index (χ4v) is 1.46. The summed E-state index contributed by atoms with van der Waals surface area (Å²) < 4.78 is 36.4. The van der Waals surface area contributed by atoms with Gasteiger partial charge in [0.05, 0.1) is 11.3 Å². The molecule has 3 nitrogen and oxygen atoms in total. The third kappa shape index (κ3) is 4.44. The number of rotatable bonds is 2. The highest BCUT2D eigenvalue weighted by Crippen LogP contribution is 2.23. The first kappa shape index (κ1) is 13.5. The van der Waals surface area contributed by atoms with E-state index in [1.165, 1.54) is 18.2 Å². The van der Waals surface area contributed by atoms with Crippen LogP contribution in [0.15, 0.2) is 22.7 Å². The van der Waals surface area contributed by atoms with Crippen LogP contribution in [0.3, 0.4) is 0 Å². The molecule has 0 bridgehead atoms. The van der Waals surface area contributed by atoms with Crippen molar-refractivity contribution in [2.24, 2.45) is 0 Å². The second-order valence-corrected chi connectivity index (χ2v) is 4.06. The van der Waals surface area contributed by atoms with Crippen molar-refractivity contribution in [3.63, 3.8) is 0 Å². The van der Waals surface area contributed by atoms with Crippen LogP contribution in [0.25, 0.3) is 0 Å². The molecule has 0 aliphatic heterocycles. The summed E-state index contributed by atoms with van der Waals surface area (Å²) in [6.07, 6.45) is -6.14. The highest BCUT2D eigenvalue weighted by Gasteiger charge is 2.31. The van der Waals surface area contributed by atoms with Gasteiger partial charge < -0.3 is 5.32 Å². The number of benzene rings is 1. The van der Waals surface area contributed by atoms with Crippen molar-refractivity contribution in [2.45, 2.75) is 12.6 Å². The van der Waals surface area contributed by atoms with E-state index in [2.05, 4.69) is 15.9 Å². The SMILES string of the molecule is N#Cc1cc(Br)ccc1NC(=O)CC(F)(F)F. The fourth-order valence-electron chi connectivity index (χ4n) is 1.09. The molecule has 0 unspecified atom stereocenters. The number of nitrogens with one attached hydrogen (secondary N) is 1. The summed E-state index contributed by atoms with van der Waals surface area (Å²) in [6.45, 7) is 0. The van der Waals surface area contributed by atoms with Gasteiger partial charge in [-0.2, -0.15) is 18.4 Å². The Labute approximate surface area is 103 Å². The third-order valence-corrected chi connectivity index (χ3v) is 2.23. The van der Waals surface area contributed by atoms with Crippen molar-refractivity contribution >= 4 is 27.5 Å². The van der Waals surface area contributed by atoms with E-state index in [1.54, 1.807) is 6.07 Å². The summed E-state index contributed by atoms with van der Waals surface area (Å²) in [5.41, 5.74) is 0.153. The van der Waals surface area contributed by atoms with Crippen LogP contribution in [0.1, 0.15) is 12.0 Å². The molecule has 7 heteroatoms. The van der Waals surface area contributed by atoms with E-state index in [1.807, 2.05) is 5.32 Å². The fraction of sp³-hybridized carbons (Fsp3) is 0.200. The summed E-state index contributed by atoms with van der Waals surface area (Å²) in [4.78, 5) is 11.0. The number of carbonyl (C=O) groups excluding carboxylic acids is 1. The molecule has 1 rings (SSSR count). The smallest absolute Gasteiger partial charge is 0.325 e. The Morgan fingerprint density at radius 1 is 1.47 bits per heavy atom. The molecule has 0 radical (unpaired) electrons. The summed E-state index contributed by atoms with van der Waals surface area (Å²) in [5, 5.41) is 10.8. The van der Waals surface area contributed by atoms with Gasteiger partial charge in [0.25, 0.3) is 0 Å². The first-order chi connectivity index (χ1) is 7.81. The number of nitrogens with zero attached hydrogens (tertiary/aromatic N) is 1. The molecular weight excluding hydrogens is 301 g/mol. The van der Waals surface area contributed by atoms with Crippen molar-refractivity contribution in [3.8, 4) is 6.07 Å². The minimum Gasteiger partial charge on any atom is -0.325 e. The number of amides is 1. The Morgan fingerprint density at radius 3 is 2.65 bits per heavy atom.